The third-order valence-electron chi connectivity index (χ3n) is 1.55. The quantitative estimate of drug-likeness (QED) is 0.651. The fraction of sp³-hybridized carbons (Fsp3) is 0.833. The first-order valence-corrected chi connectivity index (χ1v) is 4.15. The van der Waals surface area contributed by atoms with Crippen LogP contribution < -0.4 is 5.32 Å². The molecular formula is C6H10BrNO. The summed E-state index contributed by atoms with van der Waals surface area (Å²) in [6.07, 6.45) is 2.25. The van der Waals surface area contributed by atoms with E-state index in [4.69, 9.17) is 0 Å². The van der Waals surface area contributed by atoms with Crippen LogP contribution in [-0.4, -0.2) is 16.8 Å². The van der Waals surface area contributed by atoms with Gasteiger partial charge in [0.25, 0.3) is 0 Å². The molecule has 9 heavy (non-hydrogen) atoms. The highest BCUT2D eigenvalue weighted by molar-refractivity contribution is 9.09. The van der Waals surface area contributed by atoms with Gasteiger partial charge in [-0.05, 0) is 12.8 Å². The second kappa shape index (κ2) is 2.29. The Morgan fingerprint density at radius 1 is 1.78 bits per heavy atom. The predicted octanol–water partition coefficient (Wildman–Crippen LogP) is 1.05. The number of nitrogens with one attached hydrogen (secondary N) is 1. The summed E-state index contributed by atoms with van der Waals surface area (Å²) >= 11 is 3.35. The third kappa shape index (κ3) is 1.68. The van der Waals surface area contributed by atoms with Crippen molar-refractivity contribution < 1.29 is 4.79 Å². The molecule has 0 aliphatic heterocycles. The summed E-state index contributed by atoms with van der Waals surface area (Å²) in [4.78, 5) is 10.5. The third-order valence-corrected chi connectivity index (χ3v) is 2.62. The maximum absolute atomic E-state index is 10.5. The van der Waals surface area contributed by atoms with Crippen LogP contribution in [0.25, 0.3) is 0 Å². The Hall–Kier alpha value is -0.0500. The summed E-state index contributed by atoms with van der Waals surface area (Å²) in [6, 6.07) is 0. The molecule has 0 aromatic carbocycles. The van der Waals surface area contributed by atoms with E-state index in [1.807, 2.05) is 0 Å². The maximum Gasteiger partial charge on any atom is 0.217 e. The molecule has 1 N–H and O–H groups in total. The average molecular weight is 192 g/mol. The van der Waals surface area contributed by atoms with Gasteiger partial charge in [0.1, 0.15) is 0 Å². The van der Waals surface area contributed by atoms with Gasteiger partial charge in [-0.15, -0.1) is 0 Å². The van der Waals surface area contributed by atoms with Crippen molar-refractivity contribution in [1.82, 2.24) is 5.32 Å². The molecule has 0 atom stereocenters. The van der Waals surface area contributed by atoms with Crippen LogP contribution in [0.3, 0.4) is 0 Å². The molecule has 0 heterocycles. The molecule has 0 saturated heterocycles. The lowest BCUT2D eigenvalue weighted by atomic mass is 10.3. The van der Waals surface area contributed by atoms with E-state index < -0.39 is 0 Å². The maximum atomic E-state index is 10.5. The summed E-state index contributed by atoms with van der Waals surface area (Å²) in [7, 11) is 0. The van der Waals surface area contributed by atoms with Gasteiger partial charge in [-0.25, -0.2) is 0 Å². The minimum absolute atomic E-state index is 0.0759. The van der Waals surface area contributed by atoms with Crippen LogP contribution in [-0.2, 0) is 4.79 Å². The van der Waals surface area contributed by atoms with Crippen molar-refractivity contribution >= 4 is 21.8 Å². The number of hydrogen-bond acceptors (Lipinski definition) is 1. The van der Waals surface area contributed by atoms with Crippen LogP contribution in [0, 0.1) is 0 Å². The predicted molar refractivity (Wildman–Crippen MR) is 39.6 cm³/mol. The highest BCUT2D eigenvalue weighted by Gasteiger charge is 2.41. The SMILES string of the molecule is CC(=O)NC1(CBr)CC1. The van der Waals surface area contributed by atoms with Crippen molar-refractivity contribution in [3.63, 3.8) is 0 Å². The number of halogens is 1. The lowest BCUT2D eigenvalue weighted by Crippen LogP contribution is -2.36. The van der Waals surface area contributed by atoms with Gasteiger partial charge in [-0.2, -0.15) is 0 Å². The molecule has 1 aliphatic carbocycles. The highest BCUT2D eigenvalue weighted by Crippen LogP contribution is 2.36. The van der Waals surface area contributed by atoms with Crippen molar-refractivity contribution in [2.24, 2.45) is 0 Å². The number of alkyl halides is 1. The summed E-state index contributed by atoms with van der Waals surface area (Å²) < 4.78 is 0. The highest BCUT2D eigenvalue weighted by atomic mass is 79.9. The zero-order valence-corrected chi connectivity index (χ0v) is 6.99. The largest absolute Gasteiger partial charge is 0.350 e. The molecule has 0 aromatic heterocycles. The fourth-order valence-corrected chi connectivity index (χ4v) is 1.52. The molecule has 0 radical (unpaired) electrons. The molecule has 1 fully saturated rings. The first-order valence-electron chi connectivity index (χ1n) is 3.03. The van der Waals surface area contributed by atoms with Gasteiger partial charge in [0.15, 0.2) is 0 Å². The van der Waals surface area contributed by atoms with E-state index in [0.717, 1.165) is 18.2 Å². The Morgan fingerprint density at radius 2 is 2.33 bits per heavy atom. The van der Waals surface area contributed by atoms with Gasteiger partial charge in [0.05, 0.1) is 0 Å². The monoisotopic (exact) mass is 191 g/mol. The van der Waals surface area contributed by atoms with Crippen LogP contribution in [0.1, 0.15) is 19.8 Å². The van der Waals surface area contributed by atoms with E-state index in [1.54, 1.807) is 6.92 Å². The Morgan fingerprint density at radius 3 is 2.44 bits per heavy atom. The van der Waals surface area contributed by atoms with Crippen LogP contribution >= 0.6 is 15.9 Å². The van der Waals surface area contributed by atoms with Gasteiger partial charge in [0, 0.05) is 17.8 Å². The van der Waals surface area contributed by atoms with Gasteiger partial charge < -0.3 is 5.32 Å². The minimum atomic E-state index is 0.0759. The molecular weight excluding hydrogens is 182 g/mol. The van der Waals surface area contributed by atoms with E-state index in [9.17, 15) is 4.79 Å². The van der Waals surface area contributed by atoms with Crippen molar-refractivity contribution in [3.05, 3.63) is 0 Å². The zero-order chi connectivity index (χ0) is 6.91. The zero-order valence-electron chi connectivity index (χ0n) is 5.41. The summed E-state index contributed by atoms with van der Waals surface area (Å²) in [5.74, 6) is 0.0759. The Bertz CT molecular complexity index is 131. The van der Waals surface area contributed by atoms with E-state index in [0.29, 0.717) is 0 Å². The summed E-state index contributed by atoms with van der Waals surface area (Å²) in [5.41, 5.74) is 0.131. The topological polar surface area (TPSA) is 29.1 Å². The van der Waals surface area contributed by atoms with Crippen molar-refractivity contribution in [3.8, 4) is 0 Å². The van der Waals surface area contributed by atoms with Crippen molar-refractivity contribution in [2.75, 3.05) is 5.33 Å². The molecule has 0 aromatic rings. The van der Waals surface area contributed by atoms with Gasteiger partial charge in [-0.1, -0.05) is 15.9 Å². The van der Waals surface area contributed by atoms with Gasteiger partial charge in [0.2, 0.25) is 5.91 Å². The van der Waals surface area contributed by atoms with E-state index in [2.05, 4.69) is 21.2 Å². The molecule has 1 rings (SSSR count). The smallest absolute Gasteiger partial charge is 0.217 e. The van der Waals surface area contributed by atoms with Crippen LogP contribution in [0.4, 0.5) is 0 Å². The number of rotatable bonds is 2. The molecule has 0 spiro atoms. The minimum Gasteiger partial charge on any atom is -0.350 e. The first kappa shape index (κ1) is 7.06. The Labute approximate surface area is 63.1 Å². The average Bonchev–Trinajstić information content (AvgIpc) is 2.48. The van der Waals surface area contributed by atoms with E-state index in [1.165, 1.54) is 0 Å². The van der Waals surface area contributed by atoms with Crippen LogP contribution in [0.15, 0.2) is 0 Å². The molecule has 1 amide bonds. The van der Waals surface area contributed by atoms with Gasteiger partial charge >= 0.3 is 0 Å². The van der Waals surface area contributed by atoms with Crippen molar-refractivity contribution in [1.29, 1.82) is 0 Å². The normalized spacial score (nSPS) is 21.1. The number of amides is 1. The van der Waals surface area contributed by atoms with Crippen molar-refractivity contribution in [2.45, 2.75) is 25.3 Å². The number of carbonyl (C=O) groups is 1. The number of hydrogen-bond donors (Lipinski definition) is 1. The first-order chi connectivity index (χ1) is 4.18. The van der Waals surface area contributed by atoms with Crippen LogP contribution in [0.2, 0.25) is 0 Å². The number of carbonyl (C=O) groups excluding carboxylic acids is 1. The molecule has 1 aliphatic rings. The summed E-state index contributed by atoms with van der Waals surface area (Å²) in [5, 5.41) is 3.78. The van der Waals surface area contributed by atoms with E-state index >= 15 is 0 Å². The summed E-state index contributed by atoms with van der Waals surface area (Å²) in [6.45, 7) is 1.56. The lowest BCUT2D eigenvalue weighted by molar-refractivity contribution is -0.119. The fourth-order valence-electron chi connectivity index (χ4n) is 0.816. The standard InChI is InChI=1S/C6H10BrNO/c1-5(9)8-6(4-7)2-3-6/h2-4H2,1H3,(H,8,9). The lowest BCUT2D eigenvalue weighted by Gasteiger charge is -2.10. The molecule has 52 valence electrons. The molecule has 0 bridgehead atoms. The Kier molecular flexibility index (Phi) is 1.80. The second-order valence-electron chi connectivity index (χ2n) is 2.60. The van der Waals surface area contributed by atoms with Crippen LogP contribution in [0.5, 0.6) is 0 Å². The molecule has 2 nitrogen and oxygen atoms in total. The van der Waals surface area contributed by atoms with E-state index in [-0.39, 0.29) is 11.4 Å². The second-order valence-corrected chi connectivity index (χ2v) is 3.16. The van der Waals surface area contributed by atoms with Gasteiger partial charge in [-0.3, -0.25) is 4.79 Å². The molecule has 3 heteroatoms. The Balaban J connectivity index is 2.33. The molecule has 1 saturated carbocycles. The molecule has 0 unspecified atom stereocenters.